The predicted octanol–water partition coefficient (Wildman–Crippen LogP) is 7.48. The van der Waals surface area contributed by atoms with Crippen molar-refractivity contribution in [1.29, 1.82) is 0 Å². The summed E-state index contributed by atoms with van der Waals surface area (Å²) in [4.78, 5) is 3.43. The molecule has 4 nitrogen and oxygen atoms in total. The van der Waals surface area contributed by atoms with Crippen LogP contribution in [0.3, 0.4) is 0 Å². The quantitative estimate of drug-likeness (QED) is 0.238. The van der Waals surface area contributed by atoms with Crippen molar-refractivity contribution < 1.29 is 35.1 Å². The smallest absolute Gasteiger partial charge is 0.284 e. The number of aryl methyl sites for hydroxylation is 3. The third-order valence-electron chi connectivity index (χ3n) is 6.55. The van der Waals surface area contributed by atoms with Crippen molar-refractivity contribution >= 4 is 17.4 Å². The first-order valence-electron chi connectivity index (χ1n) is 11.2. The predicted molar refractivity (Wildman–Crippen MR) is 117 cm³/mol. The Bertz CT molecular complexity index is 1260. The van der Waals surface area contributed by atoms with E-state index in [1.54, 1.807) is 26.0 Å². The fourth-order valence-corrected chi connectivity index (χ4v) is 5.00. The molecule has 0 N–H and O–H groups in total. The van der Waals surface area contributed by atoms with Crippen LogP contribution in [-0.4, -0.2) is 37.6 Å². The first-order valence-corrected chi connectivity index (χ1v) is 11.5. The van der Waals surface area contributed by atoms with Gasteiger partial charge in [0.2, 0.25) is 5.78 Å². The Morgan fingerprint density at radius 1 is 1.00 bits per heavy atom. The van der Waals surface area contributed by atoms with Crippen molar-refractivity contribution in [3.05, 3.63) is 51.6 Å². The molecule has 0 radical (unpaired) electrons. The molecule has 36 heavy (non-hydrogen) atoms. The minimum Gasteiger partial charge on any atom is -0.284 e. The fourth-order valence-electron chi connectivity index (χ4n) is 4.74. The van der Waals surface area contributed by atoms with Gasteiger partial charge in [-0.15, -0.1) is 0 Å². The van der Waals surface area contributed by atoms with Crippen molar-refractivity contribution in [3.63, 3.8) is 0 Å². The molecule has 0 bridgehead atoms. The number of hydrogen-bond donors (Lipinski definition) is 0. The molecule has 1 aliphatic rings. The standard InChI is InChI=1S/C23H23ClF8N4/c1-12-7-13(2)18(14(3)8-12)36-17(24)11-35-16(19(21(25,26)27)33-20(35)36)10-34(9-15-5-4-6-15)23(31,32)22(28,29)30/h7-8,11,15H,4-6,9-10H2,1-3H3. The summed E-state index contributed by atoms with van der Waals surface area (Å²) in [5.74, 6) is -0.807. The Hall–Kier alpha value is -2.34. The van der Waals surface area contributed by atoms with Crippen molar-refractivity contribution in [2.45, 2.75) is 65.0 Å². The lowest BCUT2D eigenvalue weighted by atomic mass is 9.85. The third kappa shape index (κ3) is 4.57. The molecular formula is C23H23ClF8N4. The Kier molecular flexibility index (Phi) is 6.60. The van der Waals surface area contributed by atoms with Crippen LogP contribution in [-0.2, 0) is 12.7 Å². The fraction of sp³-hybridized carbons (Fsp3) is 0.522. The Balaban J connectivity index is 1.91. The topological polar surface area (TPSA) is 25.5 Å². The number of alkyl halides is 8. The van der Waals surface area contributed by atoms with E-state index in [4.69, 9.17) is 11.6 Å². The first-order chi connectivity index (χ1) is 16.5. The average Bonchev–Trinajstić information content (AvgIpc) is 3.18. The molecule has 2 aromatic heterocycles. The third-order valence-corrected chi connectivity index (χ3v) is 6.82. The Morgan fingerprint density at radius 3 is 2.06 bits per heavy atom. The molecule has 3 aromatic rings. The minimum absolute atomic E-state index is 0.0735. The number of hydrogen-bond acceptors (Lipinski definition) is 2. The van der Waals surface area contributed by atoms with E-state index in [1.165, 1.54) is 4.57 Å². The minimum atomic E-state index is -5.97. The highest BCUT2D eigenvalue weighted by Gasteiger charge is 2.62. The van der Waals surface area contributed by atoms with Crippen molar-refractivity contribution in [2.75, 3.05) is 6.54 Å². The summed E-state index contributed by atoms with van der Waals surface area (Å²) in [6.07, 6.45) is -8.52. The Labute approximate surface area is 206 Å². The summed E-state index contributed by atoms with van der Waals surface area (Å²) in [5, 5.41) is -0.0735. The number of benzene rings is 1. The molecule has 198 valence electrons. The highest BCUT2D eigenvalue weighted by molar-refractivity contribution is 6.30. The molecule has 1 saturated carbocycles. The number of rotatable bonds is 6. The summed E-state index contributed by atoms with van der Waals surface area (Å²) in [6, 6.07) is -1.77. The maximum Gasteiger partial charge on any atom is 0.469 e. The molecule has 1 fully saturated rings. The van der Waals surface area contributed by atoms with Gasteiger partial charge >= 0.3 is 18.4 Å². The van der Waals surface area contributed by atoms with Crippen LogP contribution in [0.1, 0.15) is 47.3 Å². The van der Waals surface area contributed by atoms with Crippen LogP contribution in [0.4, 0.5) is 35.1 Å². The van der Waals surface area contributed by atoms with Crippen LogP contribution >= 0.6 is 11.6 Å². The highest BCUT2D eigenvalue weighted by atomic mass is 35.5. The monoisotopic (exact) mass is 542 g/mol. The normalized spacial score (nSPS) is 15.8. The lowest BCUT2D eigenvalue weighted by molar-refractivity contribution is -0.345. The molecular weight excluding hydrogens is 520 g/mol. The number of imidazole rings is 2. The summed E-state index contributed by atoms with van der Waals surface area (Å²) >= 11 is 6.36. The zero-order valence-electron chi connectivity index (χ0n) is 19.5. The first kappa shape index (κ1) is 26.7. The largest absolute Gasteiger partial charge is 0.469 e. The van der Waals surface area contributed by atoms with E-state index in [9.17, 15) is 35.1 Å². The zero-order valence-corrected chi connectivity index (χ0v) is 20.3. The van der Waals surface area contributed by atoms with E-state index in [0.717, 1.165) is 16.2 Å². The molecule has 1 aliphatic carbocycles. The summed E-state index contributed by atoms with van der Waals surface area (Å²) in [5.41, 5.74) is 0.291. The van der Waals surface area contributed by atoms with E-state index in [0.29, 0.717) is 36.1 Å². The van der Waals surface area contributed by atoms with Gasteiger partial charge in [0.15, 0.2) is 5.69 Å². The SMILES string of the molecule is Cc1cc(C)c(-n2c(Cl)cn3c(CN(CC4CCC4)C(F)(F)C(F)(F)F)c(C(F)(F)F)nc23)c(C)c1. The maximum atomic E-state index is 14.5. The van der Waals surface area contributed by atoms with Gasteiger partial charge in [0.1, 0.15) is 5.15 Å². The molecule has 0 atom stereocenters. The van der Waals surface area contributed by atoms with Gasteiger partial charge in [0.25, 0.3) is 0 Å². The van der Waals surface area contributed by atoms with E-state index >= 15 is 0 Å². The number of nitrogens with zero attached hydrogens (tertiary/aromatic N) is 4. The summed E-state index contributed by atoms with van der Waals surface area (Å²) in [6.45, 7) is 3.25. The molecule has 13 heteroatoms. The van der Waals surface area contributed by atoms with Crippen LogP contribution < -0.4 is 0 Å². The van der Waals surface area contributed by atoms with Gasteiger partial charge in [-0.05, 0) is 50.7 Å². The van der Waals surface area contributed by atoms with E-state index in [-0.39, 0.29) is 15.8 Å². The van der Waals surface area contributed by atoms with Crippen molar-refractivity contribution in [2.24, 2.45) is 5.92 Å². The lowest BCUT2D eigenvalue weighted by Crippen LogP contribution is -2.54. The average molecular weight is 543 g/mol. The van der Waals surface area contributed by atoms with Crippen LogP contribution in [0.25, 0.3) is 11.5 Å². The molecule has 0 spiro atoms. The van der Waals surface area contributed by atoms with Crippen molar-refractivity contribution in [1.82, 2.24) is 18.9 Å². The Morgan fingerprint density at radius 2 is 1.58 bits per heavy atom. The second-order valence-corrected chi connectivity index (χ2v) is 9.71. The number of halogens is 9. The zero-order chi connectivity index (χ0) is 26.8. The second-order valence-electron chi connectivity index (χ2n) is 9.33. The van der Waals surface area contributed by atoms with E-state index in [1.807, 2.05) is 6.92 Å². The van der Waals surface area contributed by atoms with Gasteiger partial charge in [-0.25, -0.2) is 9.88 Å². The van der Waals surface area contributed by atoms with Crippen LogP contribution in [0, 0.1) is 26.7 Å². The summed E-state index contributed by atoms with van der Waals surface area (Å²) < 4.78 is 113. The molecule has 0 amide bonds. The van der Waals surface area contributed by atoms with Crippen LogP contribution in [0.2, 0.25) is 5.15 Å². The second kappa shape index (κ2) is 8.90. The van der Waals surface area contributed by atoms with Crippen LogP contribution in [0.15, 0.2) is 18.3 Å². The van der Waals surface area contributed by atoms with Crippen LogP contribution in [0.5, 0.6) is 0 Å². The lowest BCUT2D eigenvalue weighted by Gasteiger charge is -2.37. The molecule has 4 rings (SSSR count). The van der Waals surface area contributed by atoms with Crippen molar-refractivity contribution in [3.8, 4) is 5.69 Å². The van der Waals surface area contributed by atoms with Gasteiger partial charge in [-0.2, -0.15) is 35.1 Å². The molecule has 0 saturated heterocycles. The van der Waals surface area contributed by atoms with E-state index in [2.05, 4.69) is 4.98 Å². The summed E-state index contributed by atoms with van der Waals surface area (Å²) in [7, 11) is 0. The molecule has 0 unspecified atom stereocenters. The highest BCUT2D eigenvalue weighted by Crippen LogP contribution is 2.43. The van der Waals surface area contributed by atoms with E-state index < -0.39 is 48.8 Å². The van der Waals surface area contributed by atoms with Gasteiger partial charge in [0, 0.05) is 19.3 Å². The molecule has 1 aromatic carbocycles. The number of fused-ring (bicyclic) bond motifs is 1. The number of aromatic nitrogens is 3. The molecule has 0 aliphatic heterocycles. The van der Waals surface area contributed by atoms with Gasteiger partial charge in [-0.1, -0.05) is 35.7 Å². The molecule has 2 heterocycles. The van der Waals surface area contributed by atoms with Gasteiger partial charge < -0.3 is 0 Å². The maximum absolute atomic E-state index is 14.5. The van der Waals surface area contributed by atoms with Gasteiger partial charge in [0.05, 0.1) is 11.4 Å². The van der Waals surface area contributed by atoms with Gasteiger partial charge in [-0.3, -0.25) is 8.97 Å².